The summed E-state index contributed by atoms with van der Waals surface area (Å²) >= 11 is 7.46. The average Bonchev–Trinajstić information content (AvgIpc) is 3.14. The molecule has 23 heavy (non-hydrogen) atoms. The fourth-order valence-electron chi connectivity index (χ4n) is 2.69. The number of hydrogen-bond acceptors (Lipinski definition) is 4. The van der Waals surface area contributed by atoms with Crippen molar-refractivity contribution >= 4 is 40.3 Å². The molecule has 1 aromatic carbocycles. The number of benzene rings is 1. The number of amides is 1. The third-order valence-corrected chi connectivity index (χ3v) is 4.89. The lowest BCUT2D eigenvalue weighted by atomic mass is 10.0. The lowest BCUT2D eigenvalue weighted by Crippen LogP contribution is -2.30. The van der Waals surface area contributed by atoms with Crippen molar-refractivity contribution in [2.45, 2.75) is 19.4 Å². The summed E-state index contributed by atoms with van der Waals surface area (Å²) in [6, 6.07) is 9.90. The van der Waals surface area contributed by atoms with E-state index in [-0.39, 0.29) is 17.8 Å². The maximum atomic E-state index is 12.6. The van der Waals surface area contributed by atoms with Gasteiger partial charge in [-0.15, -0.1) is 11.3 Å². The van der Waals surface area contributed by atoms with Gasteiger partial charge in [-0.05, 0) is 29.6 Å². The van der Waals surface area contributed by atoms with Crippen LogP contribution in [0.2, 0.25) is 5.02 Å². The molecule has 1 aliphatic rings. The van der Waals surface area contributed by atoms with Crippen molar-refractivity contribution in [1.82, 2.24) is 0 Å². The van der Waals surface area contributed by atoms with Crippen LogP contribution < -0.4 is 4.90 Å². The number of carbonyl (C=O) groups is 2. The van der Waals surface area contributed by atoms with Gasteiger partial charge >= 0.3 is 0 Å². The zero-order valence-electron chi connectivity index (χ0n) is 12.3. The molecule has 1 amide bonds. The molecule has 1 atom stereocenters. The van der Waals surface area contributed by atoms with Crippen LogP contribution in [-0.2, 0) is 9.59 Å². The van der Waals surface area contributed by atoms with Gasteiger partial charge in [-0.3, -0.25) is 14.5 Å². The number of aliphatic hydroxyl groups excluding tert-OH is 1. The van der Waals surface area contributed by atoms with E-state index in [1.54, 1.807) is 31.2 Å². The first kappa shape index (κ1) is 15.8. The predicted molar refractivity (Wildman–Crippen MR) is 91.0 cm³/mol. The normalized spacial score (nSPS) is 17.9. The smallest absolute Gasteiger partial charge is 0.294 e. The summed E-state index contributed by atoms with van der Waals surface area (Å²) in [6.45, 7) is 1.71. The topological polar surface area (TPSA) is 57.6 Å². The number of halogens is 1. The fraction of sp³-hybridized carbons (Fsp3) is 0.176. The van der Waals surface area contributed by atoms with Gasteiger partial charge in [0.15, 0.2) is 11.5 Å². The summed E-state index contributed by atoms with van der Waals surface area (Å²) in [5.41, 5.74) is 0.700. The number of aliphatic hydroxyl groups is 1. The molecular weight excluding hydrogens is 334 g/mol. The minimum absolute atomic E-state index is 0.153. The molecule has 0 radical (unpaired) electrons. The first-order valence-electron chi connectivity index (χ1n) is 7.13. The zero-order valence-corrected chi connectivity index (χ0v) is 13.9. The standard InChI is InChI=1S/C17H14ClNO3S/c1-2-12(20)14-15(13-7-4-8-23-13)19(17(22)16(14)21)11-6-3-5-10(18)9-11/h3-9,15,21H,2H2,1H3. The van der Waals surface area contributed by atoms with Crippen LogP contribution in [0.5, 0.6) is 0 Å². The second kappa shape index (κ2) is 6.18. The van der Waals surface area contributed by atoms with Crippen LogP contribution in [0.3, 0.4) is 0 Å². The van der Waals surface area contributed by atoms with Crippen LogP contribution in [-0.4, -0.2) is 16.8 Å². The minimum Gasteiger partial charge on any atom is -0.503 e. The Kier molecular flexibility index (Phi) is 4.24. The van der Waals surface area contributed by atoms with Crippen molar-refractivity contribution in [3.05, 3.63) is 63.0 Å². The van der Waals surface area contributed by atoms with Gasteiger partial charge in [0, 0.05) is 22.0 Å². The van der Waals surface area contributed by atoms with Gasteiger partial charge in [0.05, 0.1) is 5.57 Å². The minimum atomic E-state index is -0.617. The second-order valence-electron chi connectivity index (χ2n) is 5.11. The number of nitrogens with zero attached hydrogens (tertiary/aromatic N) is 1. The Morgan fingerprint density at radius 1 is 1.35 bits per heavy atom. The SMILES string of the molecule is CCC(=O)C1=C(O)C(=O)N(c2cccc(Cl)c2)C1c1cccs1. The van der Waals surface area contributed by atoms with E-state index in [1.165, 1.54) is 16.2 Å². The molecule has 2 heterocycles. The molecule has 3 rings (SSSR count). The van der Waals surface area contributed by atoms with Crippen molar-refractivity contribution in [1.29, 1.82) is 0 Å². The number of Topliss-reactive ketones (excluding diaryl/α,β-unsaturated/α-hetero) is 1. The number of anilines is 1. The Hall–Kier alpha value is -2.11. The Labute approximate surface area is 142 Å². The molecule has 6 heteroatoms. The van der Waals surface area contributed by atoms with E-state index in [2.05, 4.69) is 0 Å². The van der Waals surface area contributed by atoms with Gasteiger partial charge in [0.1, 0.15) is 6.04 Å². The maximum absolute atomic E-state index is 12.6. The van der Waals surface area contributed by atoms with Crippen LogP contribution in [0.1, 0.15) is 24.3 Å². The van der Waals surface area contributed by atoms with E-state index in [0.717, 1.165) is 4.88 Å². The summed E-state index contributed by atoms with van der Waals surface area (Å²) < 4.78 is 0. The van der Waals surface area contributed by atoms with Crippen LogP contribution in [0, 0.1) is 0 Å². The van der Waals surface area contributed by atoms with E-state index in [4.69, 9.17) is 11.6 Å². The van der Waals surface area contributed by atoms with E-state index < -0.39 is 17.7 Å². The lowest BCUT2D eigenvalue weighted by molar-refractivity contribution is -0.118. The predicted octanol–water partition coefficient (Wildman–Crippen LogP) is 4.28. The van der Waals surface area contributed by atoms with Crippen molar-refractivity contribution in [2.75, 3.05) is 4.90 Å². The highest BCUT2D eigenvalue weighted by Gasteiger charge is 2.44. The zero-order chi connectivity index (χ0) is 16.6. The lowest BCUT2D eigenvalue weighted by Gasteiger charge is -2.25. The molecule has 0 saturated carbocycles. The Balaban J connectivity index is 2.16. The van der Waals surface area contributed by atoms with Gasteiger partial charge < -0.3 is 5.11 Å². The summed E-state index contributed by atoms with van der Waals surface area (Å²) in [4.78, 5) is 27.1. The molecular formula is C17H14ClNO3S. The molecule has 2 aromatic rings. The Morgan fingerprint density at radius 2 is 2.13 bits per heavy atom. The molecule has 1 unspecified atom stereocenters. The van der Waals surface area contributed by atoms with Crippen molar-refractivity contribution < 1.29 is 14.7 Å². The molecule has 118 valence electrons. The Morgan fingerprint density at radius 3 is 2.74 bits per heavy atom. The highest BCUT2D eigenvalue weighted by atomic mass is 35.5. The molecule has 1 aromatic heterocycles. The van der Waals surface area contributed by atoms with Gasteiger partial charge in [0.25, 0.3) is 5.91 Å². The molecule has 0 bridgehead atoms. The van der Waals surface area contributed by atoms with Gasteiger partial charge in [-0.2, -0.15) is 0 Å². The molecule has 1 N–H and O–H groups in total. The highest BCUT2D eigenvalue weighted by Crippen LogP contribution is 2.43. The summed E-state index contributed by atoms with van der Waals surface area (Å²) in [5, 5.41) is 12.6. The van der Waals surface area contributed by atoms with E-state index in [1.807, 2.05) is 17.5 Å². The quantitative estimate of drug-likeness (QED) is 0.898. The molecule has 0 saturated heterocycles. The number of thiophene rings is 1. The summed E-state index contributed by atoms with van der Waals surface area (Å²) in [5.74, 6) is -1.29. The summed E-state index contributed by atoms with van der Waals surface area (Å²) in [6.07, 6.45) is 0.220. The van der Waals surface area contributed by atoms with Gasteiger partial charge in [-0.1, -0.05) is 30.7 Å². The van der Waals surface area contributed by atoms with Crippen molar-refractivity contribution in [3.63, 3.8) is 0 Å². The number of hydrogen-bond donors (Lipinski definition) is 1. The monoisotopic (exact) mass is 347 g/mol. The van der Waals surface area contributed by atoms with Crippen LogP contribution in [0.4, 0.5) is 5.69 Å². The number of ketones is 1. The average molecular weight is 348 g/mol. The van der Waals surface area contributed by atoms with Gasteiger partial charge in [0.2, 0.25) is 0 Å². The van der Waals surface area contributed by atoms with Crippen LogP contribution in [0.15, 0.2) is 53.1 Å². The third kappa shape index (κ3) is 2.66. The first-order chi connectivity index (χ1) is 11.0. The molecule has 0 fully saturated rings. The number of rotatable bonds is 4. The van der Waals surface area contributed by atoms with Crippen molar-refractivity contribution in [3.8, 4) is 0 Å². The number of carbonyl (C=O) groups excluding carboxylic acids is 2. The third-order valence-electron chi connectivity index (χ3n) is 3.73. The van der Waals surface area contributed by atoms with Crippen LogP contribution in [0.25, 0.3) is 0 Å². The van der Waals surface area contributed by atoms with E-state index in [0.29, 0.717) is 10.7 Å². The van der Waals surface area contributed by atoms with E-state index in [9.17, 15) is 14.7 Å². The Bertz CT molecular complexity index is 798. The van der Waals surface area contributed by atoms with E-state index >= 15 is 0 Å². The maximum Gasteiger partial charge on any atom is 0.294 e. The van der Waals surface area contributed by atoms with Crippen LogP contribution >= 0.6 is 22.9 Å². The second-order valence-corrected chi connectivity index (χ2v) is 6.53. The first-order valence-corrected chi connectivity index (χ1v) is 8.39. The largest absolute Gasteiger partial charge is 0.503 e. The van der Waals surface area contributed by atoms with Gasteiger partial charge in [-0.25, -0.2) is 0 Å². The van der Waals surface area contributed by atoms with Crippen molar-refractivity contribution in [2.24, 2.45) is 0 Å². The summed E-state index contributed by atoms with van der Waals surface area (Å²) in [7, 11) is 0. The highest BCUT2D eigenvalue weighted by molar-refractivity contribution is 7.10. The molecule has 0 aliphatic carbocycles. The molecule has 0 spiro atoms. The molecule has 4 nitrogen and oxygen atoms in total. The molecule has 1 aliphatic heterocycles. The fourth-order valence-corrected chi connectivity index (χ4v) is 3.70.